The maximum absolute atomic E-state index is 9.70. The predicted molar refractivity (Wildman–Crippen MR) is 66.3 cm³/mol. The lowest BCUT2D eigenvalue weighted by Crippen LogP contribution is -1.84. The molecule has 0 aromatic heterocycles. The molecule has 92 valence electrons. The average Bonchev–Trinajstić information content (AvgIpc) is 2.30. The van der Waals surface area contributed by atoms with Crippen LogP contribution < -0.4 is 0 Å². The maximum atomic E-state index is 9.70. The van der Waals surface area contributed by atoms with E-state index in [1.807, 2.05) is 0 Å². The zero-order valence-corrected chi connectivity index (χ0v) is 9.28. The van der Waals surface area contributed by atoms with Crippen molar-refractivity contribution in [3.8, 4) is 28.4 Å². The van der Waals surface area contributed by atoms with Crippen molar-refractivity contribution in [3.63, 3.8) is 0 Å². The van der Waals surface area contributed by atoms with Crippen LogP contribution in [0, 0.1) is 0 Å². The van der Waals surface area contributed by atoms with Gasteiger partial charge in [0, 0.05) is 11.6 Å². The van der Waals surface area contributed by atoms with Crippen molar-refractivity contribution in [1.82, 2.24) is 0 Å². The minimum absolute atomic E-state index is 0.0619. The molecule has 0 heterocycles. The van der Waals surface area contributed by atoms with Gasteiger partial charge in [-0.2, -0.15) is 0 Å². The van der Waals surface area contributed by atoms with Gasteiger partial charge in [0.15, 0.2) is 0 Å². The SMILES string of the molecule is O/N=C/c1ccc(-c2cc(O)cc(O)c2)cc1O. The second-order valence-corrected chi connectivity index (χ2v) is 3.76. The Labute approximate surface area is 103 Å². The molecule has 0 saturated carbocycles. The normalized spacial score (nSPS) is 10.9. The molecule has 5 nitrogen and oxygen atoms in total. The zero-order chi connectivity index (χ0) is 13.1. The maximum Gasteiger partial charge on any atom is 0.125 e. The molecule has 0 saturated heterocycles. The lowest BCUT2D eigenvalue weighted by atomic mass is 10.0. The third-order valence-electron chi connectivity index (χ3n) is 2.46. The fourth-order valence-corrected chi connectivity index (χ4v) is 1.66. The molecule has 0 aliphatic carbocycles. The summed E-state index contributed by atoms with van der Waals surface area (Å²) >= 11 is 0. The van der Waals surface area contributed by atoms with Gasteiger partial charge < -0.3 is 20.5 Å². The highest BCUT2D eigenvalue weighted by atomic mass is 16.4. The van der Waals surface area contributed by atoms with Crippen LogP contribution in [-0.4, -0.2) is 26.7 Å². The highest BCUT2D eigenvalue weighted by molar-refractivity contribution is 5.84. The molecule has 0 bridgehead atoms. The van der Waals surface area contributed by atoms with Crippen molar-refractivity contribution >= 4 is 6.21 Å². The monoisotopic (exact) mass is 245 g/mol. The van der Waals surface area contributed by atoms with Crippen LogP contribution in [-0.2, 0) is 0 Å². The summed E-state index contributed by atoms with van der Waals surface area (Å²) in [5, 5.41) is 39.7. The second-order valence-electron chi connectivity index (χ2n) is 3.76. The Morgan fingerprint density at radius 3 is 2.06 bits per heavy atom. The van der Waals surface area contributed by atoms with Crippen molar-refractivity contribution in [2.45, 2.75) is 0 Å². The molecule has 0 unspecified atom stereocenters. The highest BCUT2D eigenvalue weighted by Crippen LogP contribution is 2.31. The molecular formula is C13H11NO4. The van der Waals surface area contributed by atoms with Gasteiger partial charge >= 0.3 is 0 Å². The summed E-state index contributed by atoms with van der Waals surface area (Å²) in [6.45, 7) is 0. The Morgan fingerprint density at radius 2 is 1.50 bits per heavy atom. The minimum Gasteiger partial charge on any atom is -0.508 e. The molecule has 2 aromatic rings. The van der Waals surface area contributed by atoms with Gasteiger partial charge in [-0.05, 0) is 35.4 Å². The van der Waals surface area contributed by atoms with Gasteiger partial charge in [-0.15, -0.1) is 0 Å². The molecule has 18 heavy (non-hydrogen) atoms. The number of phenolic OH excluding ortho intramolecular Hbond substituents is 3. The highest BCUT2D eigenvalue weighted by Gasteiger charge is 2.05. The van der Waals surface area contributed by atoms with Crippen LogP contribution in [0.2, 0.25) is 0 Å². The molecule has 0 fully saturated rings. The fourth-order valence-electron chi connectivity index (χ4n) is 1.66. The zero-order valence-electron chi connectivity index (χ0n) is 9.28. The number of rotatable bonds is 2. The largest absolute Gasteiger partial charge is 0.508 e. The second kappa shape index (κ2) is 4.67. The lowest BCUT2D eigenvalue weighted by Gasteiger charge is -2.06. The molecule has 2 rings (SSSR count). The number of oxime groups is 1. The van der Waals surface area contributed by atoms with E-state index < -0.39 is 0 Å². The Kier molecular flexibility index (Phi) is 3.05. The van der Waals surface area contributed by atoms with E-state index in [-0.39, 0.29) is 17.2 Å². The first-order chi connectivity index (χ1) is 8.60. The number of nitrogens with zero attached hydrogens (tertiary/aromatic N) is 1. The smallest absolute Gasteiger partial charge is 0.125 e. The van der Waals surface area contributed by atoms with Gasteiger partial charge in [-0.25, -0.2) is 0 Å². The first-order valence-corrected chi connectivity index (χ1v) is 5.14. The number of hydrogen-bond donors (Lipinski definition) is 4. The topological polar surface area (TPSA) is 93.3 Å². The molecule has 4 N–H and O–H groups in total. The van der Waals surface area contributed by atoms with Crippen LogP contribution in [0.1, 0.15) is 5.56 Å². The molecule has 0 aliphatic rings. The molecule has 2 aromatic carbocycles. The van der Waals surface area contributed by atoms with E-state index in [0.29, 0.717) is 16.7 Å². The van der Waals surface area contributed by atoms with Gasteiger partial charge in [-0.3, -0.25) is 0 Å². The van der Waals surface area contributed by atoms with Gasteiger partial charge in [0.1, 0.15) is 17.2 Å². The van der Waals surface area contributed by atoms with Crippen molar-refractivity contribution < 1.29 is 20.5 Å². The number of benzene rings is 2. The minimum atomic E-state index is -0.0644. The number of aromatic hydroxyl groups is 3. The quantitative estimate of drug-likeness (QED) is 0.371. The predicted octanol–water partition coefficient (Wildman–Crippen LogP) is 2.28. The summed E-state index contributed by atoms with van der Waals surface area (Å²) in [7, 11) is 0. The third kappa shape index (κ3) is 2.35. The van der Waals surface area contributed by atoms with Crippen LogP contribution in [0.15, 0.2) is 41.6 Å². The Balaban J connectivity index is 2.48. The molecule has 0 radical (unpaired) electrons. The average molecular weight is 245 g/mol. The van der Waals surface area contributed by atoms with Crippen LogP contribution >= 0.6 is 0 Å². The summed E-state index contributed by atoms with van der Waals surface area (Å²) in [5.41, 5.74) is 1.55. The van der Waals surface area contributed by atoms with Crippen LogP contribution in [0.5, 0.6) is 17.2 Å². The summed E-state index contributed by atoms with van der Waals surface area (Å²) in [6.07, 6.45) is 1.11. The van der Waals surface area contributed by atoms with Crippen molar-refractivity contribution in [2.24, 2.45) is 5.16 Å². The molecule has 0 spiro atoms. The molecule has 0 aliphatic heterocycles. The van der Waals surface area contributed by atoms with Crippen LogP contribution in [0.3, 0.4) is 0 Å². The first-order valence-electron chi connectivity index (χ1n) is 5.14. The van der Waals surface area contributed by atoms with Crippen molar-refractivity contribution in [1.29, 1.82) is 0 Å². The van der Waals surface area contributed by atoms with E-state index in [1.54, 1.807) is 12.1 Å². The van der Waals surface area contributed by atoms with Crippen LogP contribution in [0.25, 0.3) is 11.1 Å². The van der Waals surface area contributed by atoms with E-state index in [1.165, 1.54) is 24.3 Å². The Bertz CT molecular complexity index is 588. The van der Waals surface area contributed by atoms with E-state index in [0.717, 1.165) is 6.21 Å². The molecule has 0 amide bonds. The first kappa shape index (κ1) is 11.8. The Hall–Kier alpha value is -2.69. The lowest BCUT2D eigenvalue weighted by molar-refractivity contribution is 0.321. The van der Waals surface area contributed by atoms with Crippen molar-refractivity contribution in [2.75, 3.05) is 0 Å². The standard InChI is InChI=1S/C13H11NO4/c15-11-3-10(4-12(16)6-11)8-1-2-9(7-14-18)13(17)5-8/h1-7,15-18H/b14-7+. The van der Waals surface area contributed by atoms with E-state index in [9.17, 15) is 15.3 Å². The summed E-state index contributed by atoms with van der Waals surface area (Å²) in [4.78, 5) is 0. The van der Waals surface area contributed by atoms with E-state index in [2.05, 4.69) is 5.16 Å². The molecular weight excluding hydrogens is 234 g/mol. The Morgan fingerprint density at radius 1 is 0.833 bits per heavy atom. The molecule has 0 atom stereocenters. The number of hydrogen-bond acceptors (Lipinski definition) is 5. The van der Waals surface area contributed by atoms with E-state index in [4.69, 9.17) is 5.21 Å². The molecule has 5 heteroatoms. The van der Waals surface area contributed by atoms with Gasteiger partial charge in [0.05, 0.1) is 6.21 Å². The van der Waals surface area contributed by atoms with Crippen LogP contribution in [0.4, 0.5) is 0 Å². The van der Waals surface area contributed by atoms with Gasteiger partial charge in [0.2, 0.25) is 0 Å². The third-order valence-corrected chi connectivity index (χ3v) is 2.46. The summed E-state index contributed by atoms with van der Waals surface area (Å²) in [6, 6.07) is 8.83. The fraction of sp³-hybridized carbons (Fsp3) is 0. The van der Waals surface area contributed by atoms with Gasteiger partial charge in [0.25, 0.3) is 0 Å². The van der Waals surface area contributed by atoms with Gasteiger partial charge in [-0.1, -0.05) is 11.2 Å². The summed E-state index contributed by atoms with van der Waals surface area (Å²) in [5.74, 6) is -0.191. The van der Waals surface area contributed by atoms with E-state index >= 15 is 0 Å². The van der Waals surface area contributed by atoms with Crippen molar-refractivity contribution in [3.05, 3.63) is 42.0 Å². The number of phenols is 3. The summed E-state index contributed by atoms with van der Waals surface area (Å²) < 4.78 is 0.